The number of carbonyl (C=O) groups is 1. The third-order valence-electron chi connectivity index (χ3n) is 5.13. The number of carbonyl (C=O) groups excluding carboxylic acids is 1. The van der Waals surface area contributed by atoms with Crippen molar-refractivity contribution in [2.75, 3.05) is 44.2 Å². The van der Waals surface area contributed by atoms with E-state index < -0.39 is 0 Å². The molecule has 164 valence electrons. The molecule has 10 heteroatoms. The number of ether oxygens (including phenoxy) is 1. The fraction of sp³-hybridized carbons (Fsp3) is 0.450. The topological polar surface area (TPSA) is 76.8 Å². The number of aromatic nitrogens is 2. The average Bonchev–Trinajstić information content (AvgIpc) is 2.73. The second-order valence-electron chi connectivity index (χ2n) is 7.07. The normalized spacial score (nSPS) is 14.3. The molecule has 0 radical (unpaired) electrons. The van der Waals surface area contributed by atoms with Gasteiger partial charge in [0.05, 0.1) is 12.2 Å². The minimum atomic E-state index is -0.349. The van der Waals surface area contributed by atoms with Crippen LogP contribution in [0, 0.1) is 0 Å². The zero-order valence-electron chi connectivity index (χ0n) is 17.0. The summed E-state index contributed by atoms with van der Waals surface area (Å²) in [6.07, 6.45) is 0.740. The van der Waals surface area contributed by atoms with Crippen LogP contribution in [-0.2, 0) is 18.8 Å². The predicted molar refractivity (Wildman–Crippen MR) is 119 cm³/mol. The van der Waals surface area contributed by atoms with Crippen LogP contribution in [0.5, 0.6) is 0 Å². The zero-order valence-corrected chi connectivity index (χ0v) is 18.6. The second-order valence-corrected chi connectivity index (χ2v) is 7.50. The minimum Gasteiger partial charge on any atom is -0.462 e. The Morgan fingerprint density at radius 1 is 1.03 bits per heavy atom. The molecule has 1 aliphatic heterocycles. The summed E-state index contributed by atoms with van der Waals surface area (Å²) in [6.45, 7) is 4.25. The average molecular weight is 457 g/mol. The first kappa shape index (κ1) is 24.0. The fourth-order valence-corrected chi connectivity index (χ4v) is 3.47. The quantitative estimate of drug-likeness (QED) is 0.484. The second kappa shape index (κ2) is 10.7. The summed E-state index contributed by atoms with van der Waals surface area (Å²) in [6, 6.07) is 8.13. The third kappa shape index (κ3) is 5.65. The van der Waals surface area contributed by atoms with E-state index in [0.717, 1.165) is 43.7 Å². The number of nitrogens with zero attached hydrogens (tertiary/aromatic N) is 4. The van der Waals surface area contributed by atoms with Gasteiger partial charge in [0.1, 0.15) is 5.82 Å². The molecule has 8 nitrogen and oxygen atoms in total. The van der Waals surface area contributed by atoms with Crippen LogP contribution in [0.4, 0.5) is 5.82 Å². The first-order chi connectivity index (χ1) is 13.9. The first-order valence-corrected chi connectivity index (χ1v) is 9.91. The van der Waals surface area contributed by atoms with E-state index in [-0.39, 0.29) is 29.6 Å². The predicted octanol–water partition coefficient (Wildman–Crippen LogP) is 1.53. The molecular formula is C20H26Cl2N4O4. The fourth-order valence-electron chi connectivity index (χ4n) is 3.35. The molecular weight excluding hydrogens is 431 g/mol. The highest BCUT2D eigenvalue weighted by Crippen LogP contribution is 2.13. The van der Waals surface area contributed by atoms with Crippen molar-refractivity contribution < 1.29 is 9.53 Å². The lowest BCUT2D eigenvalue weighted by molar-refractivity contribution is 0.0487. The molecule has 0 spiro atoms. The van der Waals surface area contributed by atoms with E-state index in [1.807, 2.05) is 0 Å². The molecule has 1 fully saturated rings. The lowest BCUT2D eigenvalue weighted by Gasteiger charge is -2.36. The van der Waals surface area contributed by atoms with Gasteiger partial charge in [0.25, 0.3) is 5.56 Å². The minimum absolute atomic E-state index is 0. The summed E-state index contributed by atoms with van der Waals surface area (Å²) in [7, 11) is 3.16. The van der Waals surface area contributed by atoms with Crippen LogP contribution in [-0.4, -0.2) is 59.3 Å². The Hall–Kier alpha value is -2.29. The maximum absolute atomic E-state index is 12.1. The van der Waals surface area contributed by atoms with E-state index >= 15 is 0 Å². The Balaban J connectivity index is 0.00000320. The third-order valence-corrected chi connectivity index (χ3v) is 5.38. The molecule has 3 rings (SSSR count). The number of hydrogen-bond acceptors (Lipinski definition) is 6. The van der Waals surface area contributed by atoms with Gasteiger partial charge < -0.3 is 9.64 Å². The summed E-state index contributed by atoms with van der Waals surface area (Å²) in [5.41, 5.74) is -0.131. The van der Waals surface area contributed by atoms with Gasteiger partial charge in [-0.3, -0.25) is 18.8 Å². The maximum atomic E-state index is 12.1. The molecule has 30 heavy (non-hydrogen) atoms. The number of halogens is 2. The number of hydrogen-bond donors (Lipinski definition) is 0. The summed E-state index contributed by atoms with van der Waals surface area (Å²) >= 11 is 5.82. The van der Waals surface area contributed by atoms with Gasteiger partial charge in [-0.1, -0.05) is 11.6 Å². The van der Waals surface area contributed by atoms with E-state index in [4.69, 9.17) is 16.3 Å². The van der Waals surface area contributed by atoms with E-state index in [1.165, 1.54) is 17.7 Å². The number of rotatable bonds is 6. The SMILES string of the molecule is Cl.Cn1c(N2CCN(CCCOC(=O)c3ccc(Cl)cc3)CC2)cc(=O)n(C)c1=O. The van der Waals surface area contributed by atoms with Crippen molar-refractivity contribution in [1.82, 2.24) is 14.0 Å². The van der Waals surface area contributed by atoms with Crippen LogP contribution in [0.25, 0.3) is 0 Å². The van der Waals surface area contributed by atoms with E-state index in [0.29, 0.717) is 23.0 Å². The maximum Gasteiger partial charge on any atom is 0.338 e. The summed E-state index contributed by atoms with van der Waals surface area (Å²) in [4.78, 5) is 40.4. The van der Waals surface area contributed by atoms with Gasteiger partial charge in [-0.2, -0.15) is 0 Å². The molecule has 0 unspecified atom stereocenters. The van der Waals surface area contributed by atoms with Crippen molar-refractivity contribution >= 4 is 35.8 Å². The molecule has 0 bridgehead atoms. The molecule has 1 aromatic heterocycles. The van der Waals surface area contributed by atoms with Crippen LogP contribution in [0.3, 0.4) is 0 Å². The van der Waals surface area contributed by atoms with Crippen LogP contribution < -0.4 is 16.1 Å². The van der Waals surface area contributed by atoms with Gasteiger partial charge in [-0.05, 0) is 30.7 Å². The van der Waals surface area contributed by atoms with E-state index in [9.17, 15) is 14.4 Å². The molecule has 0 amide bonds. The molecule has 2 aromatic rings. The van der Waals surface area contributed by atoms with Crippen LogP contribution in [0.1, 0.15) is 16.8 Å². The lowest BCUT2D eigenvalue weighted by atomic mass is 10.2. The smallest absolute Gasteiger partial charge is 0.338 e. The van der Waals surface area contributed by atoms with Gasteiger partial charge in [0, 0.05) is 57.9 Å². The van der Waals surface area contributed by atoms with Gasteiger partial charge in [-0.25, -0.2) is 9.59 Å². The van der Waals surface area contributed by atoms with Crippen LogP contribution in [0.2, 0.25) is 5.02 Å². The molecule has 0 aliphatic carbocycles. The molecule has 0 atom stereocenters. The molecule has 0 N–H and O–H groups in total. The van der Waals surface area contributed by atoms with E-state index in [1.54, 1.807) is 31.3 Å². The molecule has 1 aliphatic rings. The number of anilines is 1. The van der Waals surface area contributed by atoms with Crippen molar-refractivity contribution in [2.45, 2.75) is 6.42 Å². The van der Waals surface area contributed by atoms with Crippen LogP contribution in [0.15, 0.2) is 39.9 Å². The standard InChI is InChI=1S/C20H25ClN4O4.ClH/c1-22-17(14-18(26)23(2)20(22)28)25-11-9-24(10-12-25)8-3-13-29-19(27)15-4-6-16(21)7-5-15;/h4-7,14H,3,8-13H2,1-2H3;1H. The van der Waals surface area contributed by atoms with E-state index in [2.05, 4.69) is 9.80 Å². The number of benzene rings is 1. The van der Waals surface area contributed by atoms with Gasteiger partial charge in [0.15, 0.2) is 0 Å². The van der Waals surface area contributed by atoms with Crippen molar-refractivity contribution in [1.29, 1.82) is 0 Å². The highest BCUT2D eigenvalue weighted by molar-refractivity contribution is 6.30. The molecule has 0 saturated carbocycles. The molecule has 1 saturated heterocycles. The van der Waals surface area contributed by atoms with Gasteiger partial charge >= 0.3 is 11.7 Å². The Labute approximate surface area is 186 Å². The Kier molecular flexibility index (Phi) is 8.52. The molecule has 1 aromatic carbocycles. The number of piperazine rings is 1. The van der Waals surface area contributed by atoms with Crippen molar-refractivity contribution in [3.8, 4) is 0 Å². The van der Waals surface area contributed by atoms with Crippen molar-refractivity contribution in [3.05, 3.63) is 61.8 Å². The largest absolute Gasteiger partial charge is 0.462 e. The van der Waals surface area contributed by atoms with Crippen LogP contribution >= 0.6 is 24.0 Å². The monoisotopic (exact) mass is 456 g/mol. The van der Waals surface area contributed by atoms with Gasteiger partial charge in [-0.15, -0.1) is 12.4 Å². The first-order valence-electron chi connectivity index (χ1n) is 9.54. The highest BCUT2D eigenvalue weighted by atomic mass is 35.5. The Morgan fingerprint density at radius 3 is 2.30 bits per heavy atom. The van der Waals surface area contributed by atoms with Gasteiger partial charge in [0.2, 0.25) is 0 Å². The van der Waals surface area contributed by atoms with Crippen molar-refractivity contribution in [2.24, 2.45) is 14.1 Å². The summed E-state index contributed by atoms with van der Waals surface area (Å²) in [5, 5.41) is 0.580. The lowest BCUT2D eigenvalue weighted by Crippen LogP contribution is -2.49. The summed E-state index contributed by atoms with van der Waals surface area (Å²) in [5.74, 6) is 0.299. The number of esters is 1. The van der Waals surface area contributed by atoms with Crippen molar-refractivity contribution in [3.63, 3.8) is 0 Å². The highest BCUT2D eigenvalue weighted by Gasteiger charge is 2.20. The molecule has 2 heterocycles. The Morgan fingerprint density at radius 2 is 1.67 bits per heavy atom. The summed E-state index contributed by atoms with van der Waals surface area (Å²) < 4.78 is 7.92. The Bertz CT molecular complexity index is 980. The zero-order chi connectivity index (χ0) is 21.0.